The number of anilines is 2. The summed E-state index contributed by atoms with van der Waals surface area (Å²) in [7, 11) is 0. The molecule has 1 fully saturated rings. The summed E-state index contributed by atoms with van der Waals surface area (Å²) in [6.07, 6.45) is 4.69. The van der Waals surface area contributed by atoms with E-state index in [1.165, 1.54) is 31.5 Å². The molecular formula is C22H27N5S3. The van der Waals surface area contributed by atoms with Crippen molar-refractivity contribution in [3.63, 3.8) is 0 Å². The first kappa shape index (κ1) is 21.4. The van der Waals surface area contributed by atoms with Crippen molar-refractivity contribution >= 4 is 51.1 Å². The number of rotatable bonds is 7. The van der Waals surface area contributed by atoms with E-state index in [-0.39, 0.29) is 5.84 Å². The summed E-state index contributed by atoms with van der Waals surface area (Å²) < 4.78 is 1.13. The van der Waals surface area contributed by atoms with E-state index in [2.05, 4.69) is 46.8 Å². The third kappa shape index (κ3) is 5.06. The number of thioether (sulfide) groups is 1. The van der Waals surface area contributed by atoms with Gasteiger partial charge >= 0.3 is 0 Å². The first-order chi connectivity index (χ1) is 14.5. The van der Waals surface area contributed by atoms with Crippen molar-refractivity contribution in [2.75, 3.05) is 24.7 Å². The zero-order valence-electron chi connectivity index (χ0n) is 17.3. The SMILES string of the molecule is CSc1sc(C(=N)N)cc1-c1csc(Nc2cccc(CN3CCCC(C)C3)c2)n1. The molecule has 2 aromatic heterocycles. The molecule has 5 nitrogen and oxygen atoms in total. The number of nitrogens with two attached hydrogens (primary N) is 1. The number of piperidine rings is 1. The monoisotopic (exact) mass is 457 g/mol. The van der Waals surface area contributed by atoms with Gasteiger partial charge in [-0.2, -0.15) is 0 Å². The Labute approximate surface area is 190 Å². The maximum Gasteiger partial charge on any atom is 0.187 e. The average molecular weight is 458 g/mol. The van der Waals surface area contributed by atoms with Crippen molar-refractivity contribution in [3.8, 4) is 11.3 Å². The van der Waals surface area contributed by atoms with Crippen LogP contribution >= 0.6 is 34.4 Å². The Morgan fingerprint density at radius 3 is 3.03 bits per heavy atom. The van der Waals surface area contributed by atoms with Gasteiger partial charge in [0.25, 0.3) is 0 Å². The maximum atomic E-state index is 7.71. The lowest BCUT2D eigenvalue weighted by Crippen LogP contribution is -2.33. The summed E-state index contributed by atoms with van der Waals surface area (Å²) >= 11 is 4.81. The molecule has 30 heavy (non-hydrogen) atoms. The summed E-state index contributed by atoms with van der Waals surface area (Å²) in [4.78, 5) is 8.14. The van der Waals surface area contributed by atoms with Crippen LogP contribution in [0.5, 0.6) is 0 Å². The molecule has 0 spiro atoms. The maximum absolute atomic E-state index is 7.71. The van der Waals surface area contributed by atoms with Crippen molar-refractivity contribution in [3.05, 3.63) is 46.2 Å². The zero-order valence-corrected chi connectivity index (χ0v) is 19.7. The summed E-state index contributed by atoms with van der Waals surface area (Å²) in [5, 5.41) is 14.1. The number of nitrogen functional groups attached to an aromatic ring is 1. The van der Waals surface area contributed by atoms with E-state index >= 15 is 0 Å². The first-order valence-electron chi connectivity index (χ1n) is 10.1. The predicted molar refractivity (Wildman–Crippen MR) is 132 cm³/mol. The Bertz CT molecular complexity index is 1030. The lowest BCUT2D eigenvalue weighted by Gasteiger charge is -2.30. The minimum atomic E-state index is 0.107. The molecule has 0 bridgehead atoms. The Morgan fingerprint density at radius 2 is 2.27 bits per heavy atom. The van der Waals surface area contributed by atoms with Gasteiger partial charge in [-0.3, -0.25) is 10.3 Å². The second-order valence-electron chi connectivity index (χ2n) is 7.78. The number of aromatic nitrogens is 1. The highest BCUT2D eigenvalue weighted by Gasteiger charge is 2.17. The lowest BCUT2D eigenvalue weighted by molar-refractivity contribution is 0.176. The number of nitrogens with one attached hydrogen (secondary N) is 2. The van der Waals surface area contributed by atoms with Crippen LogP contribution < -0.4 is 11.1 Å². The number of likely N-dealkylation sites (tertiary alicyclic amines) is 1. The van der Waals surface area contributed by atoms with E-state index < -0.39 is 0 Å². The zero-order chi connectivity index (χ0) is 21.1. The van der Waals surface area contributed by atoms with Crippen LogP contribution in [-0.2, 0) is 6.54 Å². The fourth-order valence-corrected chi connectivity index (χ4v) is 6.33. The minimum absolute atomic E-state index is 0.107. The van der Waals surface area contributed by atoms with E-state index in [1.54, 1.807) is 34.4 Å². The normalized spacial score (nSPS) is 17.2. The van der Waals surface area contributed by atoms with Gasteiger partial charge < -0.3 is 11.1 Å². The topological polar surface area (TPSA) is 78.0 Å². The van der Waals surface area contributed by atoms with Crippen LogP contribution in [0, 0.1) is 11.3 Å². The molecule has 1 aliphatic heterocycles. The Kier molecular flexibility index (Phi) is 6.77. The fraction of sp³-hybridized carbons (Fsp3) is 0.364. The highest BCUT2D eigenvalue weighted by molar-refractivity contribution is 8.00. The molecule has 0 amide bonds. The van der Waals surface area contributed by atoms with Gasteiger partial charge in [0.05, 0.1) is 14.8 Å². The van der Waals surface area contributed by atoms with Gasteiger partial charge in [-0.25, -0.2) is 4.98 Å². The summed E-state index contributed by atoms with van der Waals surface area (Å²) in [5.74, 6) is 0.899. The van der Waals surface area contributed by atoms with E-state index in [4.69, 9.17) is 16.1 Å². The van der Waals surface area contributed by atoms with E-state index in [9.17, 15) is 0 Å². The van der Waals surface area contributed by atoms with Crippen LogP contribution in [0.4, 0.5) is 10.8 Å². The first-order valence-corrected chi connectivity index (χ1v) is 13.0. The molecule has 3 aromatic rings. The molecule has 0 aliphatic carbocycles. The molecule has 3 heterocycles. The molecule has 0 radical (unpaired) electrons. The second kappa shape index (κ2) is 9.51. The summed E-state index contributed by atoms with van der Waals surface area (Å²) in [6, 6.07) is 10.6. The van der Waals surface area contributed by atoms with Gasteiger partial charge in [-0.05, 0) is 55.3 Å². The molecule has 1 unspecified atom stereocenters. The largest absolute Gasteiger partial charge is 0.383 e. The van der Waals surface area contributed by atoms with Gasteiger partial charge in [0.15, 0.2) is 5.13 Å². The number of thiazole rings is 1. The van der Waals surface area contributed by atoms with Gasteiger partial charge in [0.2, 0.25) is 0 Å². The van der Waals surface area contributed by atoms with Crippen LogP contribution in [-0.4, -0.2) is 35.1 Å². The number of benzene rings is 1. The van der Waals surface area contributed by atoms with Crippen molar-refractivity contribution in [1.29, 1.82) is 5.41 Å². The van der Waals surface area contributed by atoms with Crippen molar-refractivity contribution < 1.29 is 0 Å². The van der Waals surface area contributed by atoms with Gasteiger partial charge in [0.1, 0.15) is 5.84 Å². The molecular weight excluding hydrogens is 430 g/mol. The van der Waals surface area contributed by atoms with Gasteiger partial charge in [-0.15, -0.1) is 34.4 Å². The predicted octanol–water partition coefficient (Wildman–Crippen LogP) is 5.85. The van der Waals surface area contributed by atoms with Crippen LogP contribution in [0.3, 0.4) is 0 Å². The molecule has 4 N–H and O–H groups in total. The van der Waals surface area contributed by atoms with E-state index in [0.717, 1.165) is 43.6 Å². The van der Waals surface area contributed by atoms with Crippen LogP contribution in [0.1, 0.15) is 30.2 Å². The molecule has 1 aliphatic rings. The second-order valence-corrected chi connectivity index (χ2v) is 10.8. The summed E-state index contributed by atoms with van der Waals surface area (Å²) in [5.41, 5.74) is 10.1. The molecule has 4 rings (SSSR count). The molecule has 158 valence electrons. The van der Waals surface area contributed by atoms with Crippen LogP contribution in [0.25, 0.3) is 11.3 Å². The molecule has 8 heteroatoms. The molecule has 1 atom stereocenters. The van der Waals surface area contributed by atoms with Crippen molar-refractivity contribution in [2.24, 2.45) is 11.7 Å². The highest BCUT2D eigenvalue weighted by atomic mass is 32.2. The number of hydrogen-bond acceptors (Lipinski definition) is 7. The van der Waals surface area contributed by atoms with Crippen molar-refractivity contribution in [1.82, 2.24) is 9.88 Å². The van der Waals surface area contributed by atoms with Crippen LogP contribution in [0.2, 0.25) is 0 Å². The quantitative estimate of drug-likeness (QED) is 0.235. The Hall–Kier alpha value is -1.87. The number of amidine groups is 1. The minimum Gasteiger partial charge on any atom is -0.383 e. The summed E-state index contributed by atoms with van der Waals surface area (Å²) in [6.45, 7) is 5.73. The average Bonchev–Trinajstić information content (AvgIpc) is 3.35. The lowest BCUT2D eigenvalue weighted by atomic mass is 10.00. The molecule has 1 aromatic carbocycles. The highest BCUT2D eigenvalue weighted by Crippen LogP contribution is 2.39. The molecule has 1 saturated heterocycles. The van der Waals surface area contributed by atoms with Crippen LogP contribution in [0.15, 0.2) is 39.9 Å². The van der Waals surface area contributed by atoms with Gasteiger partial charge in [-0.1, -0.05) is 19.1 Å². The van der Waals surface area contributed by atoms with E-state index in [0.29, 0.717) is 0 Å². The third-order valence-electron chi connectivity index (χ3n) is 5.25. The number of hydrogen-bond donors (Lipinski definition) is 3. The third-order valence-corrected chi connectivity index (χ3v) is 8.32. The number of thiophene rings is 1. The molecule has 0 saturated carbocycles. The number of nitrogens with zero attached hydrogens (tertiary/aromatic N) is 2. The van der Waals surface area contributed by atoms with Crippen molar-refractivity contribution in [2.45, 2.75) is 30.5 Å². The fourth-order valence-electron chi connectivity index (χ4n) is 3.85. The Morgan fingerprint density at radius 1 is 1.40 bits per heavy atom. The standard InChI is InChI=1S/C22H27N5S3/c1-14-5-4-8-27(11-14)12-15-6-3-7-16(9-15)25-22-26-18(13-29-22)17-10-19(20(23)24)30-21(17)28-2/h3,6-7,9-10,13-14H,4-5,8,11-12H2,1-2H3,(H3,23,24)(H,25,26). The van der Waals surface area contributed by atoms with E-state index in [1.807, 2.05) is 12.3 Å². The Balaban J connectivity index is 1.47. The smallest absolute Gasteiger partial charge is 0.187 e. The van der Waals surface area contributed by atoms with Gasteiger partial charge in [0, 0.05) is 29.7 Å².